The molecule has 1 aliphatic heterocycles. The summed E-state index contributed by atoms with van der Waals surface area (Å²) in [5.74, 6) is 0.0844. The highest BCUT2D eigenvalue weighted by atomic mass is 35.5. The quantitative estimate of drug-likeness (QED) is 0.818. The van der Waals surface area contributed by atoms with Crippen molar-refractivity contribution >= 4 is 23.4 Å². The lowest BCUT2D eigenvalue weighted by Gasteiger charge is -2.32. The van der Waals surface area contributed by atoms with Gasteiger partial charge in [-0.25, -0.2) is 0 Å². The SMILES string of the molecule is Cc1ccccc1C(=O)N1CCC(C(=O)N[C@@H](C)Cc2ccccc2Cl)CC1. The molecule has 3 rings (SSSR count). The van der Waals surface area contributed by atoms with Gasteiger partial charge in [0.05, 0.1) is 0 Å². The Bertz CT molecular complexity index is 844. The Morgan fingerprint density at radius 1 is 1.11 bits per heavy atom. The molecule has 0 saturated carbocycles. The van der Waals surface area contributed by atoms with Crippen LogP contribution in [0, 0.1) is 12.8 Å². The number of nitrogens with one attached hydrogen (secondary N) is 1. The van der Waals surface area contributed by atoms with Gasteiger partial charge in [0, 0.05) is 35.6 Å². The molecule has 4 nitrogen and oxygen atoms in total. The van der Waals surface area contributed by atoms with E-state index in [0.717, 1.165) is 21.7 Å². The van der Waals surface area contributed by atoms with Gasteiger partial charge in [-0.3, -0.25) is 9.59 Å². The fourth-order valence-corrected chi connectivity index (χ4v) is 3.95. The van der Waals surface area contributed by atoms with Crippen molar-refractivity contribution in [2.75, 3.05) is 13.1 Å². The first-order valence-corrected chi connectivity index (χ1v) is 10.2. The van der Waals surface area contributed by atoms with Crippen LogP contribution in [0.3, 0.4) is 0 Å². The molecule has 0 aliphatic carbocycles. The van der Waals surface area contributed by atoms with Crippen LogP contribution in [-0.2, 0) is 11.2 Å². The number of halogens is 1. The van der Waals surface area contributed by atoms with Crippen molar-refractivity contribution < 1.29 is 9.59 Å². The Morgan fingerprint density at radius 3 is 2.43 bits per heavy atom. The predicted octanol–water partition coefficient (Wildman–Crippen LogP) is 4.25. The maximum atomic E-state index is 12.7. The number of carbonyl (C=O) groups is 2. The van der Waals surface area contributed by atoms with Crippen LogP contribution in [0.2, 0.25) is 5.02 Å². The molecule has 1 atom stereocenters. The summed E-state index contributed by atoms with van der Waals surface area (Å²) in [5.41, 5.74) is 2.77. The van der Waals surface area contributed by atoms with Crippen molar-refractivity contribution in [3.8, 4) is 0 Å². The highest BCUT2D eigenvalue weighted by molar-refractivity contribution is 6.31. The Kier molecular flexibility index (Phi) is 6.74. The zero-order valence-corrected chi connectivity index (χ0v) is 17.2. The van der Waals surface area contributed by atoms with Gasteiger partial charge in [-0.15, -0.1) is 0 Å². The molecule has 1 N–H and O–H groups in total. The van der Waals surface area contributed by atoms with Crippen LogP contribution in [0.5, 0.6) is 0 Å². The summed E-state index contributed by atoms with van der Waals surface area (Å²) in [6.45, 7) is 5.18. The number of piperidine rings is 1. The van der Waals surface area contributed by atoms with E-state index in [1.165, 1.54) is 0 Å². The Hall–Kier alpha value is -2.33. The van der Waals surface area contributed by atoms with Crippen LogP contribution in [0.4, 0.5) is 0 Å². The van der Waals surface area contributed by atoms with Gasteiger partial charge in [0.15, 0.2) is 0 Å². The summed E-state index contributed by atoms with van der Waals surface area (Å²) in [7, 11) is 0. The van der Waals surface area contributed by atoms with Crippen molar-refractivity contribution in [2.24, 2.45) is 5.92 Å². The maximum Gasteiger partial charge on any atom is 0.254 e. The molecule has 2 amide bonds. The van der Waals surface area contributed by atoms with E-state index in [2.05, 4.69) is 5.32 Å². The number of hydrogen-bond acceptors (Lipinski definition) is 2. The molecule has 0 unspecified atom stereocenters. The number of nitrogens with zero attached hydrogens (tertiary/aromatic N) is 1. The Labute approximate surface area is 171 Å². The number of aryl methyl sites for hydroxylation is 1. The summed E-state index contributed by atoms with van der Waals surface area (Å²) in [4.78, 5) is 27.2. The van der Waals surface area contributed by atoms with E-state index in [1.54, 1.807) is 0 Å². The van der Waals surface area contributed by atoms with Gasteiger partial charge in [0.2, 0.25) is 5.91 Å². The van der Waals surface area contributed by atoms with Crippen molar-refractivity contribution in [3.63, 3.8) is 0 Å². The van der Waals surface area contributed by atoms with Crippen LogP contribution in [0.1, 0.15) is 41.3 Å². The summed E-state index contributed by atoms with van der Waals surface area (Å²) in [6, 6.07) is 15.4. The number of carbonyl (C=O) groups excluding carboxylic acids is 2. The second-order valence-corrected chi connectivity index (χ2v) is 7.99. The van der Waals surface area contributed by atoms with Crippen molar-refractivity contribution in [1.82, 2.24) is 10.2 Å². The summed E-state index contributed by atoms with van der Waals surface area (Å²) < 4.78 is 0. The summed E-state index contributed by atoms with van der Waals surface area (Å²) in [6.07, 6.45) is 2.10. The highest BCUT2D eigenvalue weighted by Crippen LogP contribution is 2.21. The molecule has 1 aliphatic rings. The molecule has 1 heterocycles. The third kappa shape index (κ3) is 4.93. The second kappa shape index (κ2) is 9.24. The van der Waals surface area contributed by atoms with Crippen molar-refractivity contribution in [3.05, 3.63) is 70.2 Å². The Morgan fingerprint density at radius 2 is 1.75 bits per heavy atom. The van der Waals surface area contributed by atoms with Gasteiger partial charge in [0.25, 0.3) is 5.91 Å². The smallest absolute Gasteiger partial charge is 0.254 e. The minimum Gasteiger partial charge on any atom is -0.353 e. The number of hydrogen-bond donors (Lipinski definition) is 1. The molecule has 0 aromatic heterocycles. The third-order valence-corrected chi connectivity index (χ3v) is 5.77. The molecular formula is C23H27ClN2O2. The molecule has 0 bridgehead atoms. The molecule has 1 saturated heterocycles. The highest BCUT2D eigenvalue weighted by Gasteiger charge is 2.28. The largest absolute Gasteiger partial charge is 0.353 e. The number of rotatable bonds is 5. The average Bonchev–Trinajstić information content (AvgIpc) is 2.69. The minimum absolute atomic E-state index is 0.0130. The molecule has 148 valence electrons. The fraction of sp³-hybridized carbons (Fsp3) is 0.391. The number of amides is 2. The zero-order valence-electron chi connectivity index (χ0n) is 16.5. The lowest BCUT2D eigenvalue weighted by atomic mass is 9.94. The lowest BCUT2D eigenvalue weighted by Crippen LogP contribution is -2.45. The lowest BCUT2D eigenvalue weighted by molar-refractivity contribution is -0.126. The standard InChI is InChI=1S/C23H27ClN2O2/c1-16-7-3-5-9-20(16)23(28)26-13-11-18(12-14-26)22(27)25-17(2)15-19-8-4-6-10-21(19)24/h3-10,17-18H,11-15H2,1-2H3,(H,25,27)/t17-/m0/s1. The van der Waals surface area contributed by atoms with Gasteiger partial charge < -0.3 is 10.2 Å². The van der Waals surface area contributed by atoms with E-state index < -0.39 is 0 Å². The molecule has 2 aromatic rings. The molecule has 1 fully saturated rings. The van der Waals surface area contributed by atoms with E-state index in [-0.39, 0.29) is 23.8 Å². The maximum absolute atomic E-state index is 12.7. The first-order valence-electron chi connectivity index (χ1n) is 9.84. The van der Waals surface area contributed by atoms with Crippen LogP contribution < -0.4 is 5.32 Å². The number of benzene rings is 2. The van der Waals surface area contributed by atoms with Gasteiger partial charge in [-0.05, 0) is 56.4 Å². The van der Waals surface area contributed by atoms with E-state index in [1.807, 2.05) is 67.3 Å². The first-order chi connectivity index (χ1) is 13.5. The summed E-state index contributed by atoms with van der Waals surface area (Å²) >= 11 is 6.21. The second-order valence-electron chi connectivity index (χ2n) is 7.59. The molecule has 28 heavy (non-hydrogen) atoms. The van der Waals surface area contributed by atoms with Crippen LogP contribution in [0.15, 0.2) is 48.5 Å². The van der Waals surface area contributed by atoms with Crippen LogP contribution in [0.25, 0.3) is 0 Å². The minimum atomic E-state index is -0.0467. The van der Waals surface area contributed by atoms with Crippen LogP contribution in [-0.4, -0.2) is 35.8 Å². The van der Waals surface area contributed by atoms with Gasteiger partial charge in [0.1, 0.15) is 0 Å². The molecule has 5 heteroatoms. The monoisotopic (exact) mass is 398 g/mol. The van der Waals surface area contributed by atoms with Gasteiger partial charge in [-0.2, -0.15) is 0 Å². The van der Waals surface area contributed by atoms with Crippen molar-refractivity contribution in [1.29, 1.82) is 0 Å². The zero-order chi connectivity index (χ0) is 20.1. The first kappa shape index (κ1) is 20.4. The predicted molar refractivity (Wildman–Crippen MR) is 113 cm³/mol. The third-order valence-electron chi connectivity index (χ3n) is 5.40. The van der Waals surface area contributed by atoms with E-state index >= 15 is 0 Å². The summed E-state index contributed by atoms with van der Waals surface area (Å²) in [5, 5.41) is 3.84. The van der Waals surface area contributed by atoms with Gasteiger partial charge >= 0.3 is 0 Å². The molecule has 0 spiro atoms. The average molecular weight is 399 g/mol. The molecular weight excluding hydrogens is 372 g/mol. The van der Waals surface area contributed by atoms with Crippen LogP contribution >= 0.6 is 11.6 Å². The molecule has 2 aromatic carbocycles. The topological polar surface area (TPSA) is 49.4 Å². The number of likely N-dealkylation sites (tertiary alicyclic amines) is 1. The van der Waals surface area contributed by atoms with E-state index in [4.69, 9.17) is 11.6 Å². The van der Waals surface area contributed by atoms with E-state index in [9.17, 15) is 9.59 Å². The molecule has 0 radical (unpaired) electrons. The van der Waals surface area contributed by atoms with Gasteiger partial charge in [-0.1, -0.05) is 48.0 Å². The van der Waals surface area contributed by atoms with Crippen molar-refractivity contribution in [2.45, 2.75) is 39.2 Å². The van der Waals surface area contributed by atoms with E-state index in [0.29, 0.717) is 32.4 Å². The fourth-order valence-electron chi connectivity index (χ4n) is 3.73. The Balaban J connectivity index is 1.50. The normalized spacial score (nSPS) is 15.9.